The van der Waals surface area contributed by atoms with Crippen molar-refractivity contribution in [1.29, 1.82) is 0 Å². The van der Waals surface area contributed by atoms with E-state index in [0.717, 1.165) is 17.7 Å². The predicted octanol–water partition coefficient (Wildman–Crippen LogP) is 2.51. The Morgan fingerprint density at radius 3 is 2.71 bits per heavy atom. The number of carboxylic acid groups (broad SMARTS) is 1. The van der Waals surface area contributed by atoms with Crippen molar-refractivity contribution in [2.45, 2.75) is 27.2 Å². The molecule has 1 aliphatic rings. The zero-order valence-electron chi connectivity index (χ0n) is 12.7. The minimum Gasteiger partial charge on any atom is -0.481 e. The second-order valence-electron chi connectivity index (χ2n) is 6.40. The number of carbonyl (C=O) groups excluding carboxylic acids is 1. The molecule has 2 N–H and O–H groups in total. The maximum atomic E-state index is 12.4. The van der Waals surface area contributed by atoms with Crippen LogP contribution in [0.4, 0.5) is 10.5 Å². The number of rotatable bonds is 3. The van der Waals surface area contributed by atoms with Gasteiger partial charge in [-0.15, -0.1) is 0 Å². The summed E-state index contributed by atoms with van der Waals surface area (Å²) < 4.78 is 0. The van der Waals surface area contributed by atoms with Gasteiger partial charge in [0.25, 0.3) is 0 Å². The molecular formula is C16H22N2O3. The molecule has 2 amide bonds. The molecule has 0 aromatic heterocycles. The molecule has 1 atom stereocenters. The molecule has 1 unspecified atom stereocenters. The second kappa shape index (κ2) is 5.76. The van der Waals surface area contributed by atoms with Gasteiger partial charge in [-0.05, 0) is 37.8 Å². The van der Waals surface area contributed by atoms with E-state index in [1.807, 2.05) is 24.3 Å². The smallest absolute Gasteiger partial charge is 0.321 e. The van der Waals surface area contributed by atoms with E-state index >= 15 is 0 Å². The van der Waals surface area contributed by atoms with Crippen molar-refractivity contribution < 1.29 is 14.7 Å². The van der Waals surface area contributed by atoms with E-state index < -0.39 is 11.4 Å². The van der Waals surface area contributed by atoms with Crippen LogP contribution in [0.1, 0.15) is 26.3 Å². The highest BCUT2D eigenvalue weighted by Gasteiger charge is 2.30. The summed E-state index contributed by atoms with van der Waals surface area (Å²) in [6, 6.07) is 7.62. The standard InChI is InChI=1S/C16H22N2O3/c1-11-8-12-6-4-5-7-13(12)18(9-11)15(21)17-10-16(2,3)14(19)20/h4-7,11H,8-10H2,1-3H3,(H,17,21)(H,19,20). The predicted molar refractivity (Wildman–Crippen MR) is 81.5 cm³/mol. The Kier molecular flexibility index (Phi) is 4.21. The van der Waals surface area contributed by atoms with Crippen LogP contribution < -0.4 is 10.2 Å². The van der Waals surface area contributed by atoms with Crippen LogP contribution in [0, 0.1) is 11.3 Å². The summed E-state index contributed by atoms with van der Waals surface area (Å²) in [7, 11) is 0. The lowest BCUT2D eigenvalue weighted by molar-refractivity contribution is -0.146. The number of carboxylic acids is 1. The summed E-state index contributed by atoms with van der Waals surface area (Å²) in [5.74, 6) is -0.534. The zero-order valence-corrected chi connectivity index (χ0v) is 12.7. The van der Waals surface area contributed by atoms with Crippen LogP contribution in [0.2, 0.25) is 0 Å². The van der Waals surface area contributed by atoms with E-state index in [1.54, 1.807) is 18.7 Å². The molecule has 1 aromatic carbocycles. The number of hydrogen-bond donors (Lipinski definition) is 2. The molecule has 2 rings (SSSR count). The van der Waals surface area contributed by atoms with Gasteiger partial charge in [0, 0.05) is 18.8 Å². The fourth-order valence-electron chi connectivity index (χ4n) is 2.46. The molecule has 114 valence electrons. The summed E-state index contributed by atoms with van der Waals surface area (Å²) in [6.45, 7) is 6.06. The first-order valence-electron chi connectivity index (χ1n) is 7.18. The van der Waals surface area contributed by atoms with Crippen LogP contribution in [-0.2, 0) is 11.2 Å². The molecule has 0 saturated heterocycles. The van der Waals surface area contributed by atoms with Crippen molar-refractivity contribution in [1.82, 2.24) is 5.32 Å². The van der Waals surface area contributed by atoms with Crippen molar-refractivity contribution in [2.75, 3.05) is 18.0 Å². The Hall–Kier alpha value is -2.04. The Morgan fingerprint density at radius 2 is 2.05 bits per heavy atom. The minimum absolute atomic E-state index is 0.105. The maximum absolute atomic E-state index is 12.4. The van der Waals surface area contributed by atoms with E-state index in [4.69, 9.17) is 5.11 Å². The SMILES string of the molecule is CC1Cc2ccccc2N(C(=O)NCC(C)(C)C(=O)O)C1. The van der Waals surface area contributed by atoms with Crippen LogP contribution >= 0.6 is 0 Å². The molecule has 1 aliphatic heterocycles. The highest BCUT2D eigenvalue weighted by atomic mass is 16.4. The number of amides is 2. The molecule has 5 nitrogen and oxygen atoms in total. The normalized spacial score (nSPS) is 18.0. The summed E-state index contributed by atoms with van der Waals surface area (Å²) in [6.07, 6.45) is 0.959. The number of nitrogens with one attached hydrogen (secondary N) is 1. The first-order chi connectivity index (χ1) is 9.81. The second-order valence-corrected chi connectivity index (χ2v) is 6.40. The lowest BCUT2D eigenvalue weighted by Crippen LogP contribution is -2.48. The quantitative estimate of drug-likeness (QED) is 0.898. The third kappa shape index (κ3) is 3.35. The van der Waals surface area contributed by atoms with Gasteiger partial charge in [-0.25, -0.2) is 4.79 Å². The average molecular weight is 290 g/mol. The van der Waals surface area contributed by atoms with Gasteiger partial charge in [-0.1, -0.05) is 25.1 Å². The van der Waals surface area contributed by atoms with Gasteiger partial charge in [-0.3, -0.25) is 9.69 Å². The molecule has 0 fully saturated rings. The van der Waals surface area contributed by atoms with Crippen molar-refractivity contribution in [3.63, 3.8) is 0 Å². The van der Waals surface area contributed by atoms with Gasteiger partial charge < -0.3 is 10.4 Å². The summed E-state index contributed by atoms with van der Waals surface area (Å²) in [5.41, 5.74) is 1.10. The van der Waals surface area contributed by atoms with Gasteiger partial charge in [0.05, 0.1) is 5.41 Å². The summed E-state index contributed by atoms with van der Waals surface area (Å²) in [4.78, 5) is 25.2. The molecular weight excluding hydrogens is 268 g/mol. The van der Waals surface area contributed by atoms with Crippen molar-refractivity contribution in [3.05, 3.63) is 29.8 Å². The Morgan fingerprint density at radius 1 is 1.38 bits per heavy atom. The molecule has 21 heavy (non-hydrogen) atoms. The fourth-order valence-corrected chi connectivity index (χ4v) is 2.46. The van der Waals surface area contributed by atoms with Gasteiger partial charge in [0.2, 0.25) is 0 Å². The van der Waals surface area contributed by atoms with E-state index in [9.17, 15) is 9.59 Å². The van der Waals surface area contributed by atoms with Gasteiger partial charge in [-0.2, -0.15) is 0 Å². The highest BCUT2D eigenvalue weighted by molar-refractivity contribution is 5.93. The Balaban J connectivity index is 2.11. The Labute approximate surface area is 125 Å². The highest BCUT2D eigenvalue weighted by Crippen LogP contribution is 2.29. The van der Waals surface area contributed by atoms with Gasteiger partial charge in [0.15, 0.2) is 0 Å². The monoisotopic (exact) mass is 290 g/mol. The van der Waals surface area contributed by atoms with Crippen molar-refractivity contribution >= 4 is 17.7 Å². The number of fused-ring (bicyclic) bond motifs is 1. The number of carbonyl (C=O) groups is 2. The van der Waals surface area contributed by atoms with Crippen LogP contribution in [0.3, 0.4) is 0 Å². The first-order valence-corrected chi connectivity index (χ1v) is 7.18. The topological polar surface area (TPSA) is 69.6 Å². The van der Waals surface area contributed by atoms with Crippen LogP contribution in [0.5, 0.6) is 0 Å². The molecule has 1 aromatic rings. The average Bonchev–Trinajstić information content (AvgIpc) is 2.43. The number of para-hydroxylation sites is 1. The maximum Gasteiger partial charge on any atom is 0.321 e. The number of benzene rings is 1. The van der Waals surface area contributed by atoms with Crippen LogP contribution in [0.15, 0.2) is 24.3 Å². The van der Waals surface area contributed by atoms with Crippen molar-refractivity contribution in [2.24, 2.45) is 11.3 Å². The summed E-state index contributed by atoms with van der Waals surface area (Å²) >= 11 is 0. The zero-order chi connectivity index (χ0) is 15.6. The molecule has 5 heteroatoms. The number of hydrogen-bond acceptors (Lipinski definition) is 2. The number of aliphatic carboxylic acids is 1. The number of urea groups is 1. The van der Waals surface area contributed by atoms with Gasteiger partial charge >= 0.3 is 12.0 Å². The third-order valence-corrected chi connectivity index (χ3v) is 3.85. The van der Waals surface area contributed by atoms with E-state index in [0.29, 0.717) is 12.5 Å². The molecule has 0 radical (unpaired) electrons. The van der Waals surface area contributed by atoms with Crippen LogP contribution in [0.25, 0.3) is 0 Å². The van der Waals surface area contributed by atoms with Crippen molar-refractivity contribution in [3.8, 4) is 0 Å². The number of nitrogens with zero attached hydrogens (tertiary/aromatic N) is 1. The van der Waals surface area contributed by atoms with E-state index in [-0.39, 0.29) is 12.6 Å². The van der Waals surface area contributed by atoms with Crippen LogP contribution in [-0.4, -0.2) is 30.2 Å². The third-order valence-electron chi connectivity index (χ3n) is 3.85. The molecule has 1 heterocycles. The molecule has 0 aliphatic carbocycles. The van der Waals surface area contributed by atoms with Gasteiger partial charge in [0.1, 0.15) is 0 Å². The molecule has 0 bridgehead atoms. The lowest BCUT2D eigenvalue weighted by atomic mass is 9.93. The first kappa shape index (κ1) is 15.4. The fraction of sp³-hybridized carbons (Fsp3) is 0.500. The minimum atomic E-state index is -0.976. The molecule has 0 saturated carbocycles. The lowest BCUT2D eigenvalue weighted by Gasteiger charge is -2.33. The Bertz CT molecular complexity index is 554. The largest absolute Gasteiger partial charge is 0.481 e. The van der Waals surface area contributed by atoms with E-state index in [2.05, 4.69) is 12.2 Å². The number of anilines is 1. The van der Waals surface area contributed by atoms with E-state index in [1.165, 1.54) is 0 Å². The summed E-state index contributed by atoms with van der Waals surface area (Å²) in [5, 5.41) is 11.8. The molecule has 0 spiro atoms.